The molecule has 1 atom stereocenters. The van der Waals surface area contributed by atoms with E-state index in [1.165, 1.54) is 5.56 Å². The van der Waals surface area contributed by atoms with Crippen LogP contribution in [0.4, 0.5) is 0 Å². The van der Waals surface area contributed by atoms with Crippen molar-refractivity contribution in [3.05, 3.63) is 41.2 Å². The van der Waals surface area contributed by atoms with Crippen molar-refractivity contribution in [1.29, 1.82) is 0 Å². The fraction of sp³-hybridized carbons (Fsp3) is 0.222. The minimum Gasteiger partial charge on any atom is -0.318 e. The van der Waals surface area contributed by atoms with E-state index in [1.54, 1.807) is 0 Å². The van der Waals surface area contributed by atoms with Gasteiger partial charge in [-0.1, -0.05) is 35.0 Å². The van der Waals surface area contributed by atoms with Gasteiger partial charge in [-0.25, -0.2) is 0 Å². The number of rotatable bonds is 2. The molecular weight excluding hydrogens is 178 g/mol. The Balaban J connectivity index is 2.32. The molecule has 0 unspecified atom stereocenters. The van der Waals surface area contributed by atoms with Gasteiger partial charge in [0.2, 0.25) is 0 Å². The van der Waals surface area contributed by atoms with Crippen LogP contribution in [-0.4, -0.2) is 20.6 Å². The zero-order chi connectivity index (χ0) is 9.97. The van der Waals surface area contributed by atoms with E-state index in [0.717, 1.165) is 5.56 Å². The predicted molar refractivity (Wildman–Crippen MR) is 51.4 cm³/mol. The number of hydrogen-bond acceptors (Lipinski definition) is 4. The molecule has 0 amide bonds. The zero-order valence-corrected chi connectivity index (χ0v) is 7.81. The lowest BCUT2D eigenvalue weighted by atomic mass is 10.1. The normalized spacial score (nSPS) is 12.7. The van der Waals surface area contributed by atoms with E-state index < -0.39 is 0 Å². The topological polar surface area (TPSA) is 80.5 Å². The highest BCUT2D eigenvalue weighted by atomic mass is 15.5. The zero-order valence-electron chi connectivity index (χ0n) is 7.81. The van der Waals surface area contributed by atoms with Crippen molar-refractivity contribution < 1.29 is 0 Å². The summed E-state index contributed by atoms with van der Waals surface area (Å²) in [5.74, 6) is 0.510. The highest BCUT2D eigenvalue weighted by Crippen LogP contribution is 2.15. The molecule has 2 rings (SSSR count). The third-order valence-electron chi connectivity index (χ3n) is 2.04. The summed E-state index contributed by atoms with van der Waals surface area (Å²) in [6.07, 6.45) is 0. The van der Waals surface area contributed by atoms with Crippen molar-refractivity contribution in [2.75, 3.05) is 0 Å². The Morgan fingerprint density at radius 2 is 2.29 bits per heavy atom. The lowest BCUT2D eigenvalue weighted by molar-refractivity contribution is 0.784. The molecule has 0 aliphatic carbocycles. The van der Waals surface area contributed by atoms with Gasteiger partial charge >= 0.3 is 0 Å². The second-order valence-electron chi connectivity index (χ2n) is 3.16. The Kier molecular flexibility index (Phi) is 2.24. The standard InChI is InChI=1S/C9H11N5/c1-6-3-2-4-7(5-6)8(10)9-11-13-14-12-9/h2-5,8H,10H2,1H3,(H,11,12,13,14)/t8-/m0/s1. The first kappa shape index (κ1) is 8.83. The fourth-order valence-corrected chi connectivity index (χ4v) is 1.31. The number of nitrogens with two attached hydrogens (primary N) is 1. The molecule has 5 nitrogen and oxygen atoms in total. The van der Waals surface area contributed by atoms with E-state index in [2.05, 4.69) is 20.6 Å². The van der Waals surface area contributed by atoms with Gasteiger partial charge in [-0.05, 0) is 12.5 Å². The highest BCUT2D eigenvalue weighted by molar-refractivity contribution is 5.27. The lowest BCUT2D eigenvalue weighted by Crippen LogP contribution is -2.13. The van der Waals surface area contributed by atoms with E-state index in [-0.39, 0.29) is 6.04 Å². The average Bonchev–Trinajstić information content (AvgIpc) is 2.69. The predicted octanol–water partition coefficient (Wildman–Crippen LogP) is 0.556. The van der Waals surface area contributed by atoms with E-state index in [1.807, 2.05) is 31.2 Å². The molecule has 0 aliphatic rings. The quantitative estimate of drug-likeness (QED) is 0.723. The van der Waals surface area contributed by atoms with Crippen LogP contribution in [0.5, 0.6) is 0 Å². The summed E-state index contributed by atoms with van der Waals surface area (Å²) in [5, 5.41) is 13.6. The van der Waals surface area contributed by atoms with Crippen molar-refractivity contribution >= 4 is 0 Å². The van der Waals surface area contributed by atoms with Crippen LogP contribution in [0.2, 0.25) is 0 Å². The molecule has 0 saturated heterocycles. The van der Waals surface area contributed by atoms with Crippen molar-refractivity contribution in [3.63, 3.8) is 0 Å². The van der Waals surface area contributed by atoms with Crippen LogP contribution in [0.15, 0.2) is 24.3 Å². The van der Waals surface area contributed by atoms with E-state index in [9.17, 15) is 0 Å². The number of aromatic nitrogens is 4. The van der Waals surface area contributed by atoms with Crippen LogP contribution >= 0.6 is 0 Å². The van der Waals surface area contributed by atoms with E-state index in [4.69, 9.17) is 5.73 Å². The van der Waals surface area contributed by atoms with Crippen LogP contribution in [0, 0.1) is 6.92 Å². The Hall–Kier alpha value is -1.75. The molecule has 5 heteroatoms. The van der Waals surface area contributed by atoms with Gasteiger partial charge in [-0.2, -0.15) is 5.21 Å². The summed E-state index contributed by atoms with van der Waals surface area (Å²) in [7, 11) is 0. The summed E-state index contributed by atoms with van der Waals surface area (Å²) >= 11 is 0. The molecule has 0 spiro atoms. The molecule has 0 fully saturated rings. The number of nitrogens with zero attached hydrogens (tertiary/aromatic N) is 3. The van der Waals surface area contributed by atoms with Crippen molar-refractivity contribution in [3.8, 4) is 0 Å². The van der Waals surface area contributed by atoms with Gasteiger partial charge < -0.3 is 5.73 Å². The molecule has 0 saturated carbocycles. The van der Waals surface area contributed by atoms with Gasteiger partial charge in [-0.3, -0.25) is 0 Å². The number of H-pyrrole nitrogens is 1. The third-order valence-corrected chi connectivity index (χ3v) is 2.04. The van der Waals surface area contributed by atoms with Gasteiger partial charge in [0, 0.05) is 0 Å². The van der Waals surface area contributed by atoms with Gasteiger partial charge in [0.05, 0.1) is 6.04 Å². The van der Waals surface area contributed by atoms with E-state index >= 15 is 0 Å². The maximum Gasteiger partial charge on any atom is 0.195 e. The second-order valence-corrected chi connectivity index (χ2v) is 3.16. The molecule has 0 radical (unpaired) electrons. The number of aromatic amines is 1. The van der Waals surface area contributed by atoms with Crippen LogP contribution in [0.25, 0.3) is 0 Å². The number of hydrogen-bond donors (Lipinski definition) is 2. The maximum absolute atomic E-state index is 5.94. The first-order valence-electron chi connectivity index (χ1n) is 4.33. The Labute approximate surface area is 81.3 Å². The summed E-state index contributed by atoms with van der Waals surface area (Å²) < 4.78 is 0. The van der Waals surface area contributed by atoms with Gasteiger partial charge in [0.25, 0.3) is 0 Å². The number of nitrogens with one attached hydrogen (secondary N) is 1. The monoisotopic (exact) mass is 189 g/mol. The van der Waals surface area contributed by atoms with Gasteiger partial charge in [0.1, 0.15) is 0 Å². The molecule has 72 valence electrons. The highest BCUT2D eigenvalue weighted by Gasteiger charge is 2.12. The Bertz CT molecular complexity index is 409. The summed E-state index contributed by atoms with van der Waals surface area (Å²) in [6, 6.07) is 7.64. The number of aryl methyl sites for hydroxylation is 1. The van der Waals surface area contributed by atoms with Crippen molar-refractivity contribution in [2.45, 2.75) is 13.0 Å². The lowest BCUT2D eigenvalue weighted by Gasteiger charge is -2.07. The molecule has 1 heterocycles. The fourth-order valence-electron chi connectivity index (χ4n) is 1.31. The van der Waals surface area contributed by atoms with E-state index in [0.29, 0.717) is 5.82 Å². The summed E-state index contributed by atoms with van der Waals surface area (Å²) in [4.78, 5) is 0. The molecule has 3 N–H and O–H groups in total. The summed E-state index contributed by atoms with van der Waals surface area (Å²) in [5.41, 5.74) is 8.10. The van der Waals surface area contributed by atoms with Crippen LogP contribution < -0.4 is 5.73 Å². The van der Waals surface area contributed by atoms with Gasteiger partial charge in [0.15, 0.2) is 5.82 Å². The molecular formula is C9H11N5. The van der Waals surface area contributed by atoms with Crippen LogP contribution in [-0.2, 0) is 0 Å². The second kappa shape index (κ2) is 3.55. The van der Waals surface area contributed by atoms with Crippen LogP contribution in [0.1, 0.15) is 23.0 Å². The minimum absolute atomic E-state index is 0.311. The Morgan fingerprint density at radius 1 is 1.43 bits per heavy atom. The largest absolute Gasteiger partial charge is 0.318 e. The average molecular weight is 189 g/mol. The van der Waals surface area contributed by atoms with Crippen molar-refractivity contribution in [2.24, 2.45) is 5.73 Å². The van der Waals surface area contributed by atoms with Crippen LogP contribution in [0.3, 0.4) is 0 Å². The molecule has 1 aromatic heterocycles. The van der Waals surface area contributed by atoms with Crippen molar-refractivity contribution in [1.82, 2.24) is 20.6 Å². The third kappa shape index (κ3) is 1.62. The molecule has 0 aliphatic heterocycles. The first-order chi connectivity index (χ1) is 6.77. The SMILES string of the molecule is Cc1cccc([C@H](N)c2nn[nH]n2)c1. The molecule has 1 aromatic carbocycles. The summed E-state index contributed by atoms with van der Waals surface area (Å²) in [6.45, 7) is 2.02. The molecule has 2 aromatic rings. The van der Waals surface area contributed by atoms with Gasteiger partial charge in [-0.15, -0.1) is 10.2 Å². The number of benzene rings is 1. The first-order valence-corrected chi connectivity index (χ1v) is 4.33. The molecule has 14 heavy (non-hydrogen) atoms. The minimum atomic E-state index is -0.311. The maximum atomic E-state index is 5.94. The molecule has 0 bridgehead atoms. The number of tetrazole rings is 1. The Morgan fingerprint density at radius 3 is 2.93 bits per heavy atom. The smallest absolute Gasteiger partial charge is 0.195 e.